The number of piperazine rings is 2. The van der Waals surface area contributed by atoms with Gasteiger partial charge in [-0.3, -0.25) is 4.90 Å². The average Bonchev–Trinajstić information content (AvgIpc) is 4.24. The molecule has 12 unspecified atom stereocenters. The quantitative estimate of drug-likeness (QED) is 0.247. The number of rotatable bonds is 0. The van der Waals surface area contributed by atoms with E-state index in [9.17, 15) is 0 Å². The van der Waals surface area contributed by atoms with Crippen LogP contribution in [0.2, 0.25) is 0 Å². The molecule has 13 heterocycles. The zero-order valence-corrected chi connectivity index (χ0v) is 47.3. The van der Waals surface area contributed by atoms with Gasteiger partial charge in [-0.25, -0.2) is 0 Å². The van der Waals surface area contributed by atoms with Gasteiger partial charge in [-0.05, 0) is 234 Å². The van der Waals surface area contributed by atoms with Crippen LogP contribution in [0.5, 0.6) is 0 Å². The zero-order valence-electron chi connectivity index (χ0n) is 47.3. The lowest BCUT2D eigenvalue weighted by molar-refractivity contribution is 0.0673. The van der Waals surface area contributed by atoms with Gasteiger partial charge >= 0.3 is 0 Å². The van der Waals surface area contributed by atoms with Crippen LogP contribution in [0.15, 0.2) is 0 Å². The summed E-state index contributed by atoms with van der Waals surface area (Å²) in [5, 5.41) is 7.01. The number of nitrogens with zero attached hydrogens (tertiary/aromatic N) is 8. The summed E-state index contributed by atoms with van der Waals surface area (Å²) in [6.45, 7) is 10.5. The number of hydrogen-bond donors (Lipinski definition) is 2. The van der Waals surface area contributed by atoms with Gasteiger partial charge in [0.05, 0.1) is 0 Å². The van der Waals surface area contributed by atoms with E-state index in [0.29, 0.717) is 0 Å². The van der Waals surface area contributed by atoms with Gasteiger partial charge in [-0.2, -0.15) is 0 Å². The standard InChI is InChI=1S/C9H17N.2C8H15N.2C7H14N2.3C7H13N/c1-10-8-4-2-5-9(10)7-3-6-8;1-9-5-7-3-2-4-8(7)6-9;1-9-7-3-2-4-8(9)6-5-7;1-9-4-6-2-3-7(5-9)8-6;1-9-6-2-3-7(9)5-8-4-6;2*1-8-5-6-2-3-7(8)4-6;1-8-6-2-3-7(8)5-4-6/h8-9H,2-7H2,1H3;2*7-8H,2-6H2,1H3;2*6-8H,2-5H2,1H3;3*6-7H,2-5H2,1H3. The molecule has 70 heavy (non-hydrogen) atoms. The molecule has 13 saturated heterocycles. The molecule has 3 aliphatic carbocycles. The molecule has 0 aromatic carbocycles. The number of hydrogen-bond acceptors (Lipinski definition) is 10. The molecule has 3 saturated carbocycles. The van der Waals surface area contributed by atoms with Crippen molar-refractivity contribution in [2.45, 2.75) is 252 Å². The van der Waals surface area contributed by atoms with E-state index in [1.54, 1.807) is 0 Å². The minimum Gasteiger partial charge on any atom is -0.314 e. The molecule has 0 amide bonds. The van der Waals surface area contributed by atoms with E-state index in [1.165, 1.54) is 232 Å². The molecule has 404 valence electrons. The van der Waals surface area contributed by atoms with E-state index in [-0.39, 0.29) is 0 Å². The van der Waals surface area contributed by atoms with Crippen molar-refractivity contribution < 1.29 is 0 Å². The van der Waals surface area contributed by atoms with Crippen molar-refractivity contribution in [2.75, 3.05) is 109 Å². The highest BCUT2D eigenvalue weighted by molar-refractivity contribution is 4.95. The summed E-state index contributed by atoms with van der Waals surface area (Å²) in [4.78, 5) is 20.2. The van der Waals surface area contributed by atoms with Crippen molar-refractivity contribution in [3.8, 4) is 0 Å². The van der Waals surface area contributed by atoms with E-state index in [1.807, 2.05) is 0 Å². The van der Waals surface area contributed by atoms with E-state index < -0.39 is 0 Å². The van der Waals surface area contributed by atoms with Gasteiger partial charge in [0.1, 0.15) is 0 Å². The summed E-state index contributed by atoms with van der Waals surface area (Å²) in [7, 11) is 18.1. The van der Waals surface area contributed by atoms with Crippen LogP contribution in [0.25, 0.3) is 0 Å². The van der Waals surface area contributed by atoms with E-state index in [2.05, 4.69) is 106 Å². The normalized spacial score (nSPS) is 44.2. The van der Waals surface area contributed by atoms with Crippen LogP contribution in [0.1, 0.15) is 180 Å². The van der Waals surface area contributed by atoms with Crippen LogP contribution >= 0.6 is 0 Å². The summed E-state index contributed by atoms with van der Waals surface area (Å²) < 4.78 is 0. The van der Waals surface area contributed by atoms with Gasteiger partial charge in [0, 0.05) is 125 Å². The van der Waals surface area contributed by atoms with E-state index in [4.69, 9.17) is 0 Å². The Balaban J connectivity index is 0.0000000994. The van der Waals surface area contributed by atoms with Crippen LogP contribution in [0.4, 0.5) is 0 Å². The summed E-state index contributed by atoms with van der Waals surface area (Å²) >= 11 is 0. The van der Waals surface area contributed by atoms with Crippen molar-refractivity contribution in [3.05, 3.63) is 0 Å². The number of nitrogens with one attached hydrogen (secondary N) is 2. The predicted molar refractivity (Wildman–Crippen MR) is 296 cm³/mol. The lowest BCUT2D eigenvalue weighted by Gasteiger charge is -2.43. The van der Waals surface area contributed by atoms with Crippen LogP contribution in [-0.4, -0.2) is 220 Å². The van der Waals surface area contributed by atoms with Crippen molar-refractivity contribution in [1.82, 2.24) is 49.8 Å². The second-order valence-corrected chi connectivity index (χ2v) is 27.2. The van der Waals surface area contributed by atoms with E-state index >= 15 is 0 Å². The molecule has 0 radical (unpaired) electrons. The third-order valence-electron chi connectivity index (χ3n) is 22.6. The summed E-state index contributed by atoms with van der Waals surface area (Å²) in [6.07, 6.45) is 41.2. The van der Waals surface area contributed by atoms with Crippen LogP contribution in [0.3, 0.4) is 0 Å². The molecule has 10 heteroatoms. The Kier molecular flexibility index (Phi) is 20.3. The maximum Gasteiger partial charge on any atom is 0.0221 e. The van der Waals surface area contributed by atoms with Crippen molar-refractivity contribution in [1.29, 1.82) is 0 Å². The first kappa shape index (κ1) is 54.4. The molecule has 0 aromatic rings. The molecule has 0 spiro atoms. The van der Waals surface area contributed by atoms with Crippen molar-refractivity contribution in [3.63, 3.8) is 0 Å². The molecule has 14 bridgehead atoms. The largest absolute Gasteiger partial charge is 0.314 e. The SMILES string of the molecule is CN1C2CCC1CC2.CN1C2CCC1CNC2.CN1C2CCCC1CC2.CN1C2CCCC1CCC2.CN1CC2CCC(C1)N2.CN1CC2CCC1C2.CN1CC2CCC1C2.CN1CC2CCCC2C1. The summed E-state index contributed by atoms with van der Waals surface area (Å²) in [5.74, 6) is 4.31. The van der Waals surface area contributed by atoms with Crippen molar-refractivity contribution in [2.24, 2.45) is 23.7 Å². The van der Waals surface area contributed by atoms with Gasteiger partial charge in [0.25, 0.3) is 0 Å². The monoisotopic (exact) mass is 975 g/mol. The molecular weight excluding hydrogens is 861 g/mol. The highest BCUT2D eigenvalue weighted by Crippen LogP contribution is 2.39. The first-order valence-electron chi connectivity index (χ1n) is 31.1. The third kappa shape index (κ3) is 14.3. The highest BCUT2D eigenvalue weighted by Gasteiger charge is 2.39. The zero-order chi connectivity index (χ0) is 48.7. The highest BCUT2D eigenvalue weighted by atomic mass is 15.3. The fourth-order valence-corrected chi connectivity index (χ4v) is 18.0. The van der Waals surface area contributed by atoms with Crippen LogP contribution < -0.4 is 10.6 Å². The lowest BCUT2D eigenvalue weighted by Crippen LogP contribution is -2.49. The molecule has 2 N–H and O–H groups in total. The molecular formula is C60H114N10. The first-order chi connectivity index (χ1) is 33.9. The van der Waals surface area contributed by atoms with Gasteiger partial charge in [0.2, 0.25) is 0 Å². The lowest BCUT2D eigenvalue weighted by atomic mass is 9.85. The van der Waals surface area contributed by atoms with Gasteiger partial charge in [-0.1, -0.05) is 25.7 Å². The topological polar surface area (TPSA) is 50.0 Å². The first-order valence-corrected chi connectivity index (χ1v) is 31.1. The maximum absolute atomic E-state index is 3.58. The van der Waals surface area contributed by atoms with Gasteiger partial charge < -0.3 is 44.9 Å². The minimum absolute atomic E-state index is 0.814. The smallest absolute Gasteiger partial charge is 0.0221 e. The predicted octanol–water partition coefficient (Wildman–Crippen LogP) is 8.55. The Morgan fingerprint density at radius 1 is 0.286 bits per heavy atom. The number of likely N-dealkylation sites (N-methyl/N-ethyl adjacent to an activating group) is 2. The molecule has 0 aromatic heterocycles. The van der Waals surface area contributed by atoms with Gasteiger partial charge in [0.15, 0.2) is 0 Å². The van der Waals surface area contributed by atoms with Gasteiger partial charge in [-0.15, -0.1) is 0 Å². The Hall–Kier alpha value is -0.400. The molecule has 10 nitrogen and oxygen atoms in total. The minimum atomic E-state index is 0.814. The number of likely N-dealkylation sites (tertiary alicyclic amines) is 4. The average molecular weight is 976 g/mol. The maximum atomic E-state index is 3.58. The Morgan fingerprint density at radius 3 is 0.900 bits per heavy atom. The molecule has 16 rings (SSSR count). The fourth-order valence-electron chi connectivity index (χ4n) is 18.0. The second kappa shape index (κ2) is 26.1. The Bertz CT molecular complexity index is 1380. The third-order valence-corrected chi connectivity index (χ3v) is 22.6. The molecule has 13 aliphatic heterocycles. The number of piperidine rings is 5. The second-order valence-electron chi connectivity index (χ2n) is 27.2. The van der Waals surface area contributed by atoms with Crippen LogP contribution in [-0.2, 0) is 0 Å². The molecule has 12 atom stereocenters. The summed E-state index contributed by atoms with van der Waals surface area (Å²) in [6, 6.07) is 11.0. The number of fused-ring (bicyclic) bond motifs is 15. The molecule has 16 aliphatic rings. The Labute approximate surface area is 432 Å². The Morgan fingerprint density at radius 2 is 0.600 bits per heavy atom. The van der Waals surface area contributed by atoms with Crippen LogP contribution in [0, 0.1) is 23.7 Å². The van der Waals surface area contributed by atoms with Crippen molar-refractivity contribution >= 4 is 0 Å². The van der Waals surface area contributed by atoms with E-state index in [0.717, 1.165) is 96.2 Å². The molecule has 16 fully saturated rings. The fraction of sp³-hybridized carbons (Fsp3) is 1.00. The summed E-state index contributed by atoms with van der Waals surface area (Å²) in [5.41, 5.74) is 0.